The highest BCUT2D eigenvalue weighted by Crippen LogP contribution is 2.53. The first-order valence-corrected chi connectivity index (χ1v) is 18.6. The van der Waals surface area contributed by atoms with Crippen LogP contribution >= 0.6 is 0 Å². The molecule has 47 heavy (non-hydrogen) atoms. The van der Waals surface area contributed by atoms with Gasteiger partial charge in [-0.25, -0.2) is 0 Å². The number of allylic oxidation sites excluding steroid dienone is 7. The molecule has 7 heteroatoms. The highest BCUT2D eigenvalue weighted by atomic mass is 16.6. The maximum atomic E-state index is 12.1. The van der Waals surface area contributed by atoms with E-state index < -0.39 is 18.3 Å². The van der Waals surface area contributed by atoms with Gasteiger partial charge in [-0.1, -0.05) is 74.6 Å². The fourth-order valence-electron chi connectivity index (χ4n) is 8.13. The Hall–Kier alpha value is -2.48. The minimum absolute atomic E-state index is 0.000904. The topological polar surface area (TPSA) is 102 Å². The molecule has 0 spiro atoms. The molecule has 0 radical (unpaired) electrons. The largest absolute Gasteiger partial charge is 0.462 e. The van der Waals surface area contributed by atoms with Crippen LogP contribution in [0.15, 0.2) is 60.8 Å². The molecule has 260 valence electrons. The third-order valence-corrected chi connectivity index (χ3v) is 10.8. The number of carbonyl (C=O) groups is 2. The van der Waals surface area contributed by atoms with E-state index in [1.807, 2.05) is 6.08 Å². The number of aliphatic hydroxyl groups excluding tert-OH is 2. The molecule has 12 unspecified atom stereocenters. The van der Waals surface area contributed by atoms with E-state index in [0.717, 1.165) is 64.2 Å². The fourth-order valence-corrected chi connectivity index (χ4v) is 8.13. The van der Waals surface area contributed by atoms with Gasteiger partial charge in [-0.2, -0.15) is 0 Å². The summed E-state index contributed by atoms with van der Waals surface area (Å²) >= 11 is 0. The number of ether oxygens (including phenoxy) is 3. The number of carbonyl (C=O) groups excluding carboxylic acids is 2. The Morgan fingerprint density at radius 3 is 2.02 bits per heavy atom. The first kappa shape index (κ1) is 35.8. The van der Waals surface area contributed by atoms with E-state index in [4.69, 9.17) is 14.2 Å². The Morgan fingerprint density at radius 1 is 0.766 bits per heavy atom. The van der Waals surface area contributed by atoms with Gasteiger partial charge < -0.3 is 24.4 Å². The second kappa shape index (κ2) is 17.8. The number of aliphatic hydroxyl groups is 2. The highest BCUT2D eigenvalue weighted by molar-refractivity contribution is 5.70. The van der Waals surface area contributed by atoms with Crippen LogP contribution in [-0.2, 0) is 23.8 Å². The predicted octanol–water partition coefficient (Wildman–Crippen LogP) is 7.33. The number of hydrogen-bond acceptors (Lipinski definition) is 7. The molecule has 3 saturated heterocycles. The smallest absolute Gasteiger partial charge is 0.306 e. The van der Waals surface area contributed by atoms with Gasteiger partial charge in [0, 0.05) is 36.5 Å². The van der Waals surface area contributed by atoms with E-state index >= 15 is 0 Å². The summed E-state index contributed by atoms with van der Waals surface area (Å²) in [6.45, 7) is 4.24. The van der Waals surface area contributed by atoms with Crippen molar-refractivity contribution < 1.29 is 34.0 Å². The average Bonchev–Trinajstić information content (AvgIpc) is 3.99. The Morgan fingerprint density at radius 2 is 1.38 bits per heavy atom. The summed E-state index contributed by atoms with van der Waals surface area (Å²) in [7, 11) is 0. The molecule has 3 heterocycles. The van der Waals surface area contributed by atoms with Gasteiger partial charge in [-0.05, 0) is 88.9 Å². The maximum absolute atomic E-state index is 12.1. The molecule has 5 aliphatic rings. The number of cyclic esters (lactones) is 2. The minimum atomic E-state index is -0.751. The lowest BCUT2D eigenvalue weighted by Gasteiger charge is -2.31. The molecule has 7 nitrogen and oxygen atoms in total. The van der Waals surface area contributed by atoms with Crippen LogP contribution in [0.3, 0.4) is 0 Å². The number of esters is 2. The Kier molecular flexibility index (Phi) is 13.6. The van der Waals surface area contributed by atoms with Crippen molar-refractivity contribution in [1.82, 2.24) is 0 Å². The van der Waals surface area contributed by atoms with Gasteiger partial charge in [0.05, 0.1) is 24.4 Å². The van der Waals surface area contributed by atoms with Gasteiger partial charge in [0.25, 0.3) is 0 Å². The molecular formula is C40H58O7. The molecule has 5 fully saturated rings. The SMILES string of the molecule is CC/C=C/C/C=C/CC(O)C1OC(C/C=C/C/C=C/CC)C(/C=C/C2CC2C2CCCC(=O)O2)C1C(O)C1CC1C1CCCC(=O)O1. The number of hydrogen-bond donors (Lipinski definition) is 2. The monoisotopic (exact) mass is 650 g/mol. The molecule has 12 atom stereocenters. The normalized spacial score (nSPS) is 37.4. The second-order valence-electron chi connectivity index (χ2n) is 14.3. The van der Waals surface area contributed by atoms with Crippen molar-refractivity contribution in [3.8, 4) is 0 Å². The van der Waals surface area contributed by atoms with Gasteiger partial charge in [0.1, 0.15) is 12.2 Å². The summed E-state index contributed by atoms with van der Waals surface area (Å²) in [6, 6.07) is 0. The van der Waals surface area contributed by atoms with Crippen LogP contribution in [0.4, 0.5) is 0 Å². The molecule has 5 rings (SSSR count). The second-order valence-corrected chi connectivity index (χ2v) is 14.3. The lowest BCUT2D eigenvalue weighted by Crippen LogP contribution is -2.41. The van der Waals surface area contributed by atoms with Gasteiger partial charge in [0.15, 0.2) is 0 Å². The van der Waals surface area contributed by atoms with Gasteiger partial charge in [-0.15, -0.1) is 0 Å². The van der Waals surface area contributed by atoms with Gasteiger partial charge >= 0.3 is 11.9 Å². The molecule has 3 aliphatic heterocycles. The van der Waals surface area contributed by atoms with E-state index in [1.54, 1.807) is 0 Å². The molecule has 0 aromatic heterocycles. The third kappa shape index (κ3) is 10.0. The van der Waals surface area contributed by atoms with E-state index in [9.17, 15) is 19.8 Å². The van der Waals surface area contributed by atoms with Crippen molar-refractivity contribution in [3.05, 3.63) is 60.8 Å². The van der Waals surface area contributed by atoms with Crippen LogP contribution in [0.5, 0.6) is 0 Å². The summed E-state index contributed by atoms with van der Waals surface area (Å²) in [5, 5.41) is 23.7. The first-order chi connectivity index (χ1) is 22.9. The summed E-state index contributed by atoms with van der Waals surface area (Å²) < 4.78 is 18.2. The minimum Gasteiger partial charge on any atom is -0.462 e. The Bertz CT molecular complexity index is 1170. The van der Waals surface area contributed by atoms with Gasteiger partial charge in [0.2, 0.25) is 0 Å². The molecule has 2 N–H and O–H groups in total. The van der Waals surface area contributed by atoms with E-state index in [1.165, 1.54) is 0 Å². The van der Waals surface area contributed by atoms with Crippen LogP contribution < -0.4 is 0 Å². The summed E-state index contributed by atoms with van der Waals surface area (Å²) in [6.07, 6.45) is 30.5. The van der Waals surface area contributed by atoms with Crippen molar-refractivity contribution >= 4 is 11.9 Å². The van der Waals surface area contributed by atoms with Crippen molar-refractivity contribution in [1.29, 1.82) is 0 Å². The molecular weight excluding hydrogens is 592 g/mol. The third-order valence-electron chi connectivity index (χ3n) is 10.8. The van der Waals surface area contributed by atoms with Crippen molar-refractivity contribution in [2.75, 3.05) is 0 Å². The zero-order valence-electron chi connectivity index (χ0n) is 28.5. The highest BCUT2D eigenvalue weighted by Gasteiger charge is 2.57. The predicted molar refractivity (Wildman–Crippen MR) is 183 cm³/mol. The summed E-state index contributed by atoms with van der Waals surface area (Å²) in [4.78, 5) is 24.0. The lowest BCUT2D eigenvalue weighted by atomic mass is 9.77. The Balaban J connectivity index is 1.34. The fraction of sp³-hybridized carbons (Fsp3) is 0.700. The van der Waals surface area contributed by atoms with Crippen LogP contribution in [0, 0.1) is 35.5 Å². The molecule has 2 saturated carbocycles. The van der Waals surface area contributed by atoms with E-state index in [2.05, 4.69) is 68.5 Å². The number of rotatable bonds is 17. The Labute approximate surface area is 282 Å². The van der Waals surface area contributed by atoms with E-state index in [0.29, 0.717) is 37.5 Å². The molecule has 0 bridgehead atoms. The molecule has 0 amide bonds. The van der Waals surface area contributed by atoms with Crippen molar-refractivity contribution in [2.24, 2.45) is 35.5 Å². The van der Waals surface area contributed by atoms with Crippen LogP contribution in [0.25, 0.3) is 0 Å². The maximum Gasteiger partial charge on any atom is 0.306 e. The molecule has 2 aliphatic carbocycles. The van der Waals surface area contributed by atoms with Gasteiger partial charge in [-0.3, -0.25) is 9.59 Å². The standard InChI is InChI=1S/C40H58O7/c1-3-5-7-9-11-13-17-32(41)40-38(39(44)31-26-30(31)35-20-16-22-37(43)46-35)28(33(47-40)18-14-12-10-8-6-4-2)24-23-27-25-29(27)34-19-15-21-36(42)45-34/h5-8,11-14,23-24,27-35,38-41,44H,3-4,9-10,15-22,25-26H2,1-2H3/b7-5+,8-6+,13-11+,14-12+,24-23+. The van der Waals surface area contributed by atoms with Crippen LogP contribution in [0.1, 0.15) is 104 Å². The quantitative estimate of drug-likeness (QED) is 0.126. The van der Waals surface area contributed by atoms with Crippen molar-refractivity contribution in [3.63, 3.8) is 0 Å². The lowest BCUT2D eigenvalue weighted by molar-refractivity contribution is -0.156. The molecule has 0 aromatic carbocycles. The zero-order chi connectivity index (χ0) is 33.2. The van der Waals surface area contributed by atoms with E-state index in [-0.39, 0.29) is 53.9 Å². The average molecular weight is 651 g/mol. The summed E-state index contributed by atoms with van der Waals surface area (Å²) in [5.41, 5.74) is 0. The van der Waals surface area contributed by atoms with Crippen LogP contribution in [0.2, 0.25) is 0 Å². The summed E-state index contributed by atoms with van der Waals surface area (Å²) in [5.74, 6) is 0.282. The molecule has 0 aromatic rings. The zero-order valence-corrected chi connectivity index (χ0v) is 28.5. The van der Waals surface area contributed by atoms with Crippen molar-refractivity contribution in [2.45, 2.75) is 140 Å². The van der Waals surface area contributed by atoms with Crippen LogP contribution in [-0.4, -0.2) is 58.8 Å². The first-order valence-electron chi connectivity index (χ1n) is 18.6.